The maximum absolute atomic E-state index is 5.33. The zero-order valence-electron chi connectivity index (χ0n) is 40.2. The van der Waals surface area contributed by atoms with E-state index in [1.165, 1.54) is 0 Å². The summed E-state index contributed by atoms with van der Waals surface area (Å²) in [7, 11) is 0. The van der Waals surface area contributed by atoms with Crippen LogP contribution in [0.2, 0.25) is 0 Å². The van der Waals surface area contributed by atoms with Gasteiger partial charge in [-0.05, 0) is 76.9 Å². The molecule has 14 rings (SSSR count). The summed E-state index contributed by atoms with van der Waals surface area (Å²) in [4.78, 5) is 65.6. The summed E-state index contributed by atoms with van der Waals surface area (Å²) in [6.45, 7) is 0. The SMILES string of the molecule is c1ccc(-c2nc(-c3ccccc3)nc(-c3nc(-c4cc(-c5cc6cccnc6c6ncccc56)cc(-c5cc6cccnc6c6ncccc56)c4)nc(-c4nc(-c5ccccc5)nc(-c5ccccc5)n4)n3)n2)cc1. The fourth-order valence-corrected chi connectivity index (χ4v) is 9.62. The van der Waals surface area contributed by atoms with Crippen LogP contribution in [-0.4, -0.2) is 64.8 Å². The normalized spacial score (nSPS) is 11.4. The monoisotopic (exact) mass is 975 g/mol. The second-order valence-corrected chi connectivity index (χ2v) is 18.0. The predicted octanol–water partition coefficient (Wildman–Crippen LogP) is 13.4. The van der Waals surface area contributed by atoms with E-state index in [2.05, 4.69) is 54.6 Å². The van der Waals surface area contributed by atoms with Crippen LogP contribution in [0.4, 0.5) is 0 Å². The standard InChI is InChI=1S/C63H37N13/c1-5-17-38(18-6-1)55-68-56(39-19-7-2-8-20-39)71-60(70-55)62-74-59(75-63(76-62)61-72-57(40-21-9-3-10-22-40)69-58(73-61)41-23-11-4-12-24-41)46-34-44(49-36-42-25-13-29-64-51(42)53-47(49)27-15-31-66-53)33-45(35-46)50-37-43-26-14-30-65-52(43)54-48(50)28-16-32-67-54/h1-37H. The van der Waals surface area contributed by atoms with E-state index < -0.39 is 0 Å². The van der Waals surface area contributed by atoms with Gasteiger partial charge in [-0.25, -0.2) is 44.9 Å². The van der Waals surface area contributed by atoms with Crippen molar-refractivity contribution in [2.45, 2.75) is 0 Å². The third-order valence-electron chi connectivity index (χ3n) is 13.2. The van der Waals surface area contributed by atoms with Crippen molar-refractivity contribution < 1.29 is 0 Å². The molecule has 0 fully saturated rings. The molecule has 0 aliphatic heterocycles. The molecule has 354 valence electrons. The van der Waals surface area contributed by atoms with Crippen LogP contribution in [0.5, 0.6) is 0 Å². The minimum Gasteiger partial charge on any atom is -0.254 e. The van der Waals surface area contributed by atoms with Crippen molar-refractivity contribution >= 4 is 43.6 Å². The van der Waals surface area contributed by atoms with E-state index in [1.807, 2.05) is 146 Å². The number of benzene rings is 7. The van der Waals surface area contributed by atoms with Crippen molar-refractivity contribution in [2.75, 3.05) is 0 Å². The van der Waals surface area contributed by atoms with Crippen molar-refractivity contribution in [3.8, 4) is 102 Å². The van der Waals surface area contributed by atoms with Gasteiger partial charge < -0.3 is 0 Å². The summed E-state index contributed by atoms with van der Waals surface area (Å²) >= 11 is 0. The lowest BCUT2D eigenvalue weighted by molar-refractivity contribution is 0.978. The average molecular weight is 976 g/mol. The minimum absolute atomic E-state index is 0.185. The van der Waals surface area contributed by atoms with Crippen LogP contribution in [0.25, 0.3) is 146 Å². The first-order chi connectivity index (χ1) is 37.6. The highest BCUT2D eigenvalue weighted by Gasteiger charge is 2.23. The Kier molecular flexibility index (Phi) is 10.8. The first kappa shape index (κ1) is 44.0. The van der Waals surface area contributed by atoms with Crippen molar-refractivity contribution in [2.24, 2.45) is 0 Å². The fraction of sp³-hybridized carbons (Fsp3) is 0. The van der Waals surface area contributed by atoms with Gasteiger partial charge in [-0.2, -0.15) is 0 Å². The Morgan fingerprint density at radius 3 is 0.829 bits per heavy atom. The molecular formula is C63H37N13. The van der Waals surface area contributed by atoms with E-state index in [-0.39, 0.29) is 23.3 Å². The highest BCUT2D eigenvalue weighted by Crippen LogP contribution is 2.41. The summed E-state index contributed by atoms with van der Waals surface area (Å²) in [5, 5.41) is 3.76. The van der Waals surface area contributed by atoms with Gasteiger partial charge in [0.25, 0.3) is 0 Å². The third-order valence-corrected chi connectivity index (χ3v) is 13.2. The topological polar surface area (TPSA) is 168 Å². The predicted molar refractivity (Wildman–Crippen MR) is 297 cm³/mol. The quantitative estimate of drug-likeness (QED) is 0.125. The molecule has 0 aliphatic rings. The number of pyridine rings is 4. The Balaban J connectivity index is 1.07. The number of rotatable bonds is 9. The molecule has 0 atom stereocenters. The Bertz CT molecular complexity index is 4130. The zero-order valence-corrected chi connectivity index (χ0v) is 40.2. The summed E-state index contributed by atoms with van der Waals surface area (Å²) in [6, 6.07) is 66.1. The third kappa shape index (κ3) is 8.15. The van der Waals surface area contributed by atoms with Crippen molar-refractivity contribution in [3.63, 3.8) is 0 Å². The molecule has 0 amide bonds. The molecule has 0 spiro atoms. The lowest BCUT2D eigenvalue weighted by atomic mass is 9.91. The molecule has 13 heteroatoms. The smallest absolute Gasteiger partial charge is 0.202 e. The van der Waals surface area contributed by atoms with Crippen LogP contribution >= 0.6 is 0 Å². The van der Waals surface area contributed by atoms with E-state index >= 15 is 0 Å². The van der Waals surface area contributed by atoms with Gasteiger partial charge in [0.15, 0.2) is 29.1 Å². The van der Waals surface area contributed by atoms with Crippen molar-refractivity contribution in [1.29, 1.82) is 0 Å². The Hall–Kier alpha value is -10.8. The maximum atomic E-state index is 5.33. The minimum atomic E-state index is 0.185. The van der Waals surface area contributed by atoms with Gasteiger partial charge in [0.05, 0.1) is 22.1 Å². The van der Waals surface area contributed by atoms with Gasteiger partial charge in [-0.3, -0.25) is 19.9 Å². The second-order valence-electron chi connectivity index (χ2n) is 18.0. The van der Waals surface area contributed by atoms with Gasteiger partial charge in [0.1, 0.15) is 0 Å². The number of fused-ring (bicyclic) bond motifs is 6. The molecule has 0 saturated carbocycles. The molecule has 0 radical (unpaired) electrons. The van der Waals surface area contributed by atoms with Crippen molar-refractivity contribution in [3.05, 3.63) is 225 Å². The summed E-state index contributed by atoms with van der Waals surface area (Å²) in [5.41, 5.74) is 10.7. The molecule has 0 aliphatic carbocycles. The summed E-state index contributed by atoms with van der Waals surface area (Å²) in [6.07, 6.45) is 7.21. The lowest BCUT2D eigenvalue weighted by Gasteiger charge is -2.16. The van der Waals surface area contributed by atoms with E-state index in [0.29, 0.717) is 34.7 Å². The number of aromatic nitrogens is 13. The average Bonchev–Trinajstić information content (AvgIpc) is 3.54. The largest absolute Gasteiger partial charge is 0.254 e. The van der Waals surface area contributed by atoms with Crippen LogP contribution in [0.3, 0.4) is 0 Å². The molecule has 0 bridgehead atoms. The molecule has 7 aromatic carbocycles. The Morgan fingerprint density at radius 1 is 0.197 bits per heavy atom. The van der Waals surface area contributed by atoms with Gasteiger partial charge in [-0.1, -0.05) is 146 Å². The summed E-state index contributed by atoms with van der Waals surface area (Å²) < 4.78 is 0. The molecule has 7 heterocycles. The maximum Gasteiger partial charge on any atom is 0.202 e. The molecule has 76 heavy (non-hydrogen) atoms. The van der Waals surface area contributed by atoms with Crippen LogP contribution in [0, 0.1) is 0 Å². The number of nitrogens with zero attached hydrogens (tertiary/aromatic N) is 13. The van der Waals surface area contributed by atoms with Crippen LogP contribution in [0.1, 0.15) is 0 Å². The molecule has 14 aromatic rings. The van der Waals surface area contributed by atoms with Crippen LogP contribution in [-0.2, 0) is 0 Å². The fourth-order valence-electron chi connectivity index (χ4n) is 9.62. The summed E-state index contributed by atoms with van der Waals surface area (Å²) in [5.74, 6) is 2.96. The number of hydrogen-bond donors (Lipinski definition) is 0. The lowest BCUT2D eigenvalue weighted by Crippen LogP contribution is -2.08. The van der Waals surface area contributed by atoms with Gasteiger partial charge in [0, 0.05) is 74.1 Å². The molecule has 0 N–H and O–H groups in total. The van der Waals surface area contributed by atoms with Gasteiger partial charge >= 0.3 is 0 Å². The highest BCUT2D eigenvalue weighted by molar-refractivity contribution is 6.12. The molecular weight excluding hydrogens is 939 g/mol. The number of hydrogen-bond acceptors (Lipinski definition) is 13. The van der Waals surface area contributed by atoms with Crippen LogP contribution < -0.4 is 0 Å². The van der Waals surface area contributed by atoms with E-state index in [4.69, 9.17) is 64.8 Å². The highest BCUT2D eigenvalue weighted by atomic mass is 15.1. The first-order valence-corrected chi connectivity index (χ1v) is 24.6. The van der Waals surface area contributed by atoms with Crippen LogP contribution in [0.15, 0.2) is 225 Å². The first-order valence-electron chi connectivity index (χ1n) is 24.6. The van der Waals surface area contributed by atoms with Gasteiger partial charge in [0.2, 0.25) is 23.3 Å². The second kappa shape index (κ2) is 18.7. The van der Waals surface area contributed by atoms with Crippen molar-refractivity contribution in [1.82, 2.24) is 64.8 Å². The zero-order chi connectivity index (χ0) is 50.4. The molecule has 0 saturated heterocycles. The molecule has 0 unspecified atom stereocenters. The molecule has 7 aromatic heterocycles. The van der Waals surface area contributed by atoms with Gasteiger partial charge in [-0.15, -0.1) is 0 Å². The molecule has 13 nitrogen and oxygen atoms in total. The Labute approximate surface area is 434 Å². The van der Waals surface area contributed by atoms with E-state index in [1.54, 1.807) is 24.8 Å². The van der Waals surface area contributed by atoms with E-state index in [0.717, 1.165) is 88.1 Å². The Morgan fingerprint density at radius 2 is 0.474 bits per heavy atom. The van der Waals surface area contributed by atoms with E-state index in [9.17, 15) is 0 Å².